The average Bonchev–Trinajstić information content (AvgIpc) is 2.53. The molecule has 2 aromatic carbocycles. The maximum atomic E-state index is 13.5. The van der Waals surface area contributed by atoms with Gasteiger partial charge < -0.3 is 4.90 Å². The zero-order valence-corrected chi connectivity index (χ0v) is 12.1. The minimum atomic E-state index is -0.449. The topological polar surface area (TPSA) is 32.7 Å². The van der Waals surface area contributed by atoms with Crippen LogP contribution in [0.1, 0.15) is 23.7 Å². The highest BCUT2D eigenvalue weighted by Gasteiger charge is 2.17. The number of carbonyl (C=O) groups is 1. The number of nitrogens with zero attached hydrogens (tertiary/aromatic N) is 2. The maximum absolute atomic E-state index is 13.5. The molecule has 108 valence electrons. The average molecular weight is 284 g/mol. The van der Waals surface area contributed by atoms with E-state index in [1.54, 1.807) is 13.3 Å². The Balaban J connectivity index is 2.38. The van der Waals surface area contributed by atoms with Gasteiger partial charge in [0.25, 0.3) is 5.91 Å². The van der Waals surface area contributed by atoms with E-state index < -0.39 is 5.82 Å². The lowest BCUT2D eigenvalue weighted by Gasteiger charge is -2.18. The van der Waals surface area contributed by atoms with E-state index in [2.05, 4.69) is 4.99 Å². The quantitative estimate of drug-likeness (QED) is 0.774. The van der Waals surface area contributed by atoms with Crippen LogP contribution in [0.25, 0.3) is 0 Å². The van der Waals surface area contributed by atoms with Gasteiger partial charge in [0, 0.05) is 18.9 Å². The van der Waals surface area contributed by atoms with E-state index in [-0.39, 0.29) is 11.5 Å². The van der Waals surface area contributed by atoms with Gasteiger partial charge in [-0.3, -0.25) is 9.79 Å². The van der Waals surface area contributed by atoms with Crippen LogP contribution in [0.15, 0.2) is 53.5 Å². The number of hydrogen-bond acceptors (Lipinski definition) is 2. The van der Waals surface area contributed by atoms with Gasteiger partial charge in [-0.2, -0.15) is 0 Å². The Morgan fingerprint density at radius 3 is 2.62 bits per heavy atom. The second-order valence-corrected chi connectivity index (χ2v) is 4.58. The minimum Gasteiger partial charge on any atom is -0.311 e. The van der Waals surface area contributed by atoms with Crippen LogP contribution >= 0.6 is 0 Å². The van der Waals surface area contributed by atoms with Crippen molar-refractivity contribution in [2.45, 2.75) is 13.3 Å². The SMILES string of the molecule is CCC=Nc1ccc(F)cc1C(=O)N(C)c1ccccc1. The fourth-order valence-corrected chi connectivity index (χ4v) is 1.93. The predicted molar refractivity (Wildman–Crippen MR) is 84.0 cm³/mol. The normalized spacial score (nSPS) is 10.8. The summed E-state index contributed by atoms with van der Waals surface area (Å²) in [5.74, 6) is -0.737. The van der Waals surface area contributed by atoms with Crippen LogP contribution in [-0.4, -0.2) is 19.2 Å². The standard InChI is InChI=1S/C17H17FN2O/c1-3-11-19-16-10-9-13(18)12-15(16)17(21)20(2)14-7-5-4-6-8-14/h4-12H,3H2,1-2H3. The maximum Gasteiger partial charge on any atom is 0.260 e. The number of rotatable bonds is 4. The van der Waals surface area contributed by atoms with Gasteiger partial charge in [-0.1, -0.05) is 25.1 Å². The van der Waals surface area contributed by atoms with Crippen molar-refractivity contribution in [3.05, 3.63) is 59.9 Å². The molecule has 0 fully saturated rings. The fourth-order valence-electron chi connectivity index (χ4n) is 1.93. The van der Waals surface area contributed by atoms with Crippen molar-refractivity contribution in [3.8, 4) is 0 Å². The highest BCUT2D eigenvalue weighted by molar-refractivity contribution is 6.09. The van der Waals surface area contributed by atoms with Crippen LogP contribution in [0.5, 0.6) is 0 Å². The van der Waals surface area contributed by atoms with Crippen molar-refractivity contribution in [2.75, 3.05) is 11.9 Å². The van der Waals surface area contributed by atoms with Gasteiger partial charge in [-0.15, -0.1) is 0 Å². The molecule has 0 saturated heterocycles. The van der Waals surface area contributed by atoms with Gasteiger partial charge in [-0.25, -0.2) is 4.39 Å². The molecule has 3 nitrogen and oxygen atoms in total. The summed E-state index contributed by atoms with van der Waals surface area (Å²) in [6.07, 6.45) is 2.45. The van der Waals surface area contributed by atoms with Gasteiger partial charge in [0.1, 0.15) is 5.82 Å². The van der Waals surface area contributed by atoms with E-state index in [4.69, 9.17) is 0 Å². The lowest BCUT2D eigenvalue weighted by atomic mass is 10.1. The first-order valence-electron chi connectivity index (χ1n) is 6.78. The Hall–Kier alpha value is -2.49. The van der Waals surface area contributed by atoms with Crippen molar-refractivity contribution in [1.82, 2.24) is 0 Å². The molecule has 0 unspecified atom stereocenters. The molecule has 0 aliphatic carbocycles. The number of anilines is 1. The van der Waals surface area contributed by atoms with Gasteiger partial charge in [-0.05, 0) is 36.8 Å². The van der Waals surface area contributed by atoms with Crippen LogP contribution < -0.4 is 4.90 Å². The minimum absolute atomic E-state index is 0.256. The molecule has 0 heterocycles. The third-order valence-corrected chi connectivity index (χ3v) is 3.05. The molecule has 1 amide bonds. The summed E-state index contributed by atoms with van der Waals surface area (Å²) in [5, 5.41) is 0. The zero-order valence-electron chi connectivity index (χ0n) is 12.1. The molecule has 0 aromatic heterocycles. The molecular formula is C17H17FN2O. The van der Waals surface area contributed by atoms with Crippen LogP contribution in [0, 0.1) is 5.82 Å². The van der Waals surface area contributed by atoms with Gasteiger partial charge in [0.05, 0.1) is 11.3 Å². The fraction of sp³-hybridized carbons (Fsp3) is 0.176. The first kappa shape index (κ1) is 14.9. The van der Waals surface area contributed by atoms with Crippen LogP contribution in [0.3, 0.4) is 0 Å². The molecule has 2 aromatic rings. The Morgan fingerprint density at radius 2 is 1.95 bits per heavy atom. The molecule has 21 heavy (non-hydrogen) atoms. The summed E-state index contributed by atoms with van der Waals surface area (Å²) in [4.78, 5) is 18.3. The smallest absolute Gasteiger partial charge is 0.260 e. The first-order valence-corrected chi connectivity index (χ1v) is 6.78. The summed E-state index contributed by atoms with van der Waals surface area (Å²) in [6.45, 7) is 1.95. The van der Waals surface area contributed by atoms with E-state index in [1.807, 2.05) is 37.3 Å². The molecule has 2 rings (SSSR count). The second kappa shape index (κ2) is 6.79. The molecule has 0 aliphatic heterocycles. The molecule has 0 spiro atoms. The number of amides is 1. The van der Waals surface area contributed by atoms with Gasteiger partial charge in [0.2, 0.25) is 0 Å². The largest absolute Gasteiger partial charge is 0.311 e. The van der Waals surface area contributed by atoms with Crippen LogP contribution in [0.4, 0.5) is 15.8 Å². The second-order valence-electron chi connectivity index (χ2n) is 4.58. The monoisotopic (exact) mass is 284 g/mol. The third kappa shape index (κ3) is 3.54. The summed E-state index contributed by atoms with van der Waals surface area (Å²) in [6, 6.07) is 13.3. The van der Waals surface area contributed by atoms with E-state index in [0.717, 1.165) is 12.1 Å². The van der Waals surface area contributed by atoms with Crippen LogP contribution in [0.2, 0.25) is 0 Å². The molecule has 0 saturated carbocycles. The van der Waals surface area contributed by atoms with E-state index in [1.165, 1.54) is 23.1 Å². The van der Waals surface area contributed by atoms with Crippen LogP contribution in [-0.2, 0) is 0 Å². The predicted octanol–water partition coefficient (Wildman–Crippen LogP) is 4.21. The van der Waals surface area contributed by atoms with Gasteiger partial charge >= 0.3 is 0 Å². The molecule has 0 N–H and O–H groups in total. The number of aliphatic imine (C=N–C) groups is 1. The highest BCUT2D eigenvalue weighted by Crippen LogP contribution is 2.24. The molecular weight excluding hydrogens is 267 g/mol. The highest BCUT2D eigenvalue weighted by atomic mass is 19.1. The van der Waals surface area contributed by atoms with Crippen molar-refractivity contribution < 1.29 is 9.18 Å². The van der Waals surface area contributed by atoms with Crippen molar-refractivity contribution in [2.24, 2.45) is 4.99 Å². The van der Waals surface area contributed by atoms with Gasteiger partial charge in [0.15, 0.2) is 0 Å². The first-order chi connectivity index (χ1) is 10.1. The number of carbonyl (C=O) groups excluding carboxylic acids is 1. The summed E-state index contributed by atoms with van der Waals surface area (Å²) in [7, 11) is 1.66. The lowest BCUT2D eigenvalue weighted by molar-refractivity contribution is 0.0993. The summed E-state index contributed by atoms with van der Waals surface area (Å²) < 4.78 is 13.5. The van der Waals surface area contributed by atoms with Crippen molar-refractivity contribution in [1.29, 1.82) is 0 Å². The van der Waals surface area contributed by atoms with E-state index >= 15 is 0 Å². The third-order valence-electron chi connectivity index (χ3n) is 3.05. The molecule has 0 atom stereocenters. The summed E-state index contributed by atoms with van der Waals surface area (Å²) >= 11 is 0. The summed E-state index contributed by atoms with van der Waals surface area (Å²) in [5.41, 5.74) is 1.48. The molecule has 0 bridgehead atoms. The number of hydrogen-bond donors (Lipinski definition) is 0. The Bertz CT molecular complexity index is 653. The van der Waals surface area contributed by atoms with Crippen molar-refractivity contribution >= 4 is 23.5 Å². The van der Waals surface area contributed by atoms with E-state index in [9.17, 15) is 9.18 Å². The number of para-hydroxylation sites is 1. The Morgan fingerprint density at radius 1 is 1.24 bits per heavy atom. The van der Waals surface area contributed by atoms with Crippen molar-refractivity contribution in [3.63, 3.8) is 0 Å². The number of benzene rings is 2. The lowest BCUT2D eigenvalue weighted by Crippen LogP contribution is -2.26. The van der Waals surface area contributed by atoms with E-state index in [0.29, 0.717) is 5.69 Å². The molecule has 0 radical (unpaired) electrons. The molecule has 0 aliphatic rings. The Kier molecular flexibility index (Phi) is 4.82. The molecule has 4 heteroatoms. The zero-order chi connectivity index (χ0) is 15.2. The Labute approximate surface area is 123 Å². The number of halogens is 1.